The molecule has 1 unspecified atom stereocenters. The first-order valence-electron chi connectivity index (χ1n) is 6.44. The van der Waals surface area contributed by atoms with Crippen LogP contribution in [0.4, 0.5) is 10.1 Å². The fourth-order valence-electron chi connectivity index (χ4n) is 2.08. The predicted molar refractivity (Wildman–Crippen MR) is 75.7 cm³/mol. The Morgan fingerprint density at radius 3 is 2.47 bits per heavy atom. The van der Waals surface area contributed by atoms with E-state index in [0.717, 1.165) is 11.3 Å². The molecule has 0 saturated heterocycles. The Hall–Kier alpha value is -1.87. The second-order valence-electron chi connectivity index (χ2n) is 4.44. The monoisotopic (exact) mass is 259 g/mol. The van der Waals surface area contributed by atoms with Gasteiger partial charge in [-0.2, -0.15) is 0 Å². The molecule has 0 amide bonds. The number of rotatable bonds is 5. The normalized spacial score (nSPS) is 12.2. The summed E-state index contributed by atoms with van der Waals surface area (Å²) in [4.78, 5) is 1.96. The number of nitrogens with zero attached hydrogens (tertiary/aromatic N) is 1. The van der Waals surface area contributed by atoms with Crippen molar-refractivity contribution in [2.75, 3.05) is 18.0 Å². The predicted octanol–water partition coefficient (Wildman–Crippen LogP) is 3.39. The molecule has 1 atom stereocenters. The highest BCUT2D eigenvalue weighted by Gasteiger charge is 2.13. The van der Waals surface area contributed by atoms with Crippen LogP contribution in [0.15, 0.2) is 54.6 Å². The van der Waals surface area contributed by atoms with Gasteiger partial charge in [0.25, 0.3) is 0 Å². The zero-order valence-corrected chi connectivity index (χ0v) is 11.0. The number of hydrogen-bond donors (Lipinski definition) is 1. The summed E-state index contributed by atoms with van der Waals surface area (Å²) in [6.45, 7) is 3.15. The lowest BCUT2D eigenvalue weighted by atomic mass is 10.1. The van der Waals surface area contributed by atoms with E-state index in [0.29, 0.717) is 13.1 Å². The Balaban J connectivity index is 2.11. The van der Waals surface area contributed by atoms with E-state index >= 15 is 0 Å². The van der Waals surface area contributed by atoms with Gasteiger partial charge in [0.1, 0.15) is 5.82 Å². The lowest BCUT2D eigenvalue weighted by Gasteiger charge is -2.26. The second-order valence-corrected chi connectivity index (χ2v) is 4.44. The summed E-state index contributed by atoms with van der Waals surface area (Å²) >= 11 is 0. The molecule has 100 valence electrons. The summed E-state index contributed by atoms with van der Waals surface area (Å²) in [7, 11) is 0. The third-order valence-corrected chi connectivity index (χ3v) is 3.13. The second kappa shape index (κ2) is 6.34. The van der Waals surface area contributed by atoms with E-state index in [1.165, 1.54) is 12.1 Å². The summed E-state index contributed by atoms with van der Waals surface area (Å²) in [6, 6.07) is 15.9. The maximum absolute atomic E-state index is 13.2. The average molecular weight is 259 g/mol. The van der Waals surface area contributed by atoms with E-state index in [1.807, 2.05) is 48.2 Å². The van der Waals surface area contributed by atoms with Crippen molar-refractivity contribution in [2.45, 2.75) is 13.0 Å². The van der Waals surface area contributed by atoms with Crippen molar-refractivity contribution < 1.29 is 9.50 Å². The smallest absolute Gasteiger partial charge is 0.125 e. The van der Waals surface area contributed by atoms with Gasteiger partial charge in [-0.3, -0.25) is 0 Å². The molecule has 0 fully saturated rings. The zero-order valence-electron chi connectivity index (χ0n) is 11.0. The van der Waals surface area contributed by atoms with Crippen molar-refractivity contribution in [1.29, 1.82) is 0 Å². The van der Waals surface area contributed by atoms with E-state index in [9.17, 15) is 9.50 Å². The maximum Gasteiger partial charge on any atom is 0.125 e. The first kappa shape index (κ1) is 13.6. The quantitative estimate of drug-likeness (QED) is 0.889. The van der Waals surface area contributed by atoms with Gasteiger partial charge in [-0.25, -0.2) is 4.39 Å². The summed E-state index contributed by atoms with van der Waals surface area (Å²) in [5.74, 6) is -0.259. The average Bonchev–Trinajstić information content (AvgIpc) is 2.45. The number of aliphatic hydroxyl groups excluding tert-OH is 1. The molecule has 0 aliphatic rings. The van der Waals surface area contributed by atoms with Crippen LogP contribution in [-0.2, 0) is 0 Å². The standard InChI is InChI=1S/C16H18FNO/c1-2-18(15-10-6-9-14(17)11-15)12-16(19)13-7-4-3-5-8-13/h3-11,16,19H,2,12H2,1H3. The SMILES string of the molecule is CCN(CC(O)c1ccccc1)c1cccc(F)c1. The third kappa shape index (κ3) is 3.55. The number of benzene rings is 2. The topological polar surface area (TPSA) is 23.5 Å². The largest absolute Gasteiger partial charge is 0.387 e. The van der Waals surface area contributed by atoms with Gasteiger partial charge in [0.15, 0.2) is 0 Å². The molecular weight excluding hydrogens is 241 g/mol. The molecule has 2 aromatic rings. The van der Waals surface area contributed by atoms with Crippen LogP contribution in [0.3, 0.4) is 0 Å². The minimum absolute atomic E-state index is 0.259. The first-order chi connectivity index (χ1) is 9.20. The zero-order chi connectivity index (χ0) is 13.7. The van der Waals surface area contributed by atoms with Crippen LogP contribution in [-0.4, -0.2) is 18.2 Å². The molecule has 0 radical (unpaired) electrons. The molecule has 0 saturated carbocycles. The summed E-state index contributed by atoms with van der Waals surface area (Å²) < 4.78 is 13.2. The highest BCUT2D eigenvalue weighted by atomic mass is 19.1. The van der Waals surface area contributed by atoms with Crippen molar-refractivity contribution in [2.24, 2.45) is 0 Å². The minimum atomic E-state index is -0.579. The van der Waals surface area contributed by atoms with Crippen molar-refractivity contribution in [3.63, 3.8) is 0 Å². The van der Waals surface area contributed by atoms with Gasteiger partial charge in [-0.1, -0.05) is 36.4 Å². The molecule has 0 aliphatic carbocycles. The van der Waals surface area contributed by atoms with Crippen LogP contribution in [0.1, 0.15) is 18.6 Å². The summed E-state index contributed by atoms with van der Waals surface area (Å²) in [6.07, 6.45) is -0.579. The van der Waals surface area contributed by atoms with E-state index in [-0.39, 0.29) is 5.82 Å². The molecule has 0 spiro atoms. The Labute approximate surface area is 113 Å². The van der Waals surface area contributed by atoms with Gasteiger partial charge >= 0.3 is 0 Å². The van der Waals surface area contributed by atoms with Crippen molar-refractivity contribution >= 4 is 5.69 Å². The van der Waals surface area contributed by atoms with Crippen LogP contribution >= 0.6 is 0 Å². The van der Waals surface area contributed by atoms with Crippen LogP contribution in [0, 0.1) is 5.82 Å². The van der Waals surface area contributed by atoms with Gasteiger partial charge in [-0.15, -0.1) is 0 Å². The fourth-order valence-corrected chi connectivity index (χ4v) is 2.08. The highest BCUT2D eigenvalue weighted by Crippen LogP contribution is 2.20. The van der Waals surface area contributed by atoms with Crippen LogP contribution in [0.5, 0.6) is 0 Å². The van der Waals surface area contributed by atoms with Gasteiger partial charge in [0, 0.05) is 18.8 Å². The molecule has 3 heteroatoms. The molecular formula is C16H18FNO. The lowest BCUT2D eigenvalue weighted by molar-refractivity contribution is 0.183. The summed E-state index contributed by atoms with van der Waals surface area (Å²) in [5.41, 5.74) is 1.66. The van der Waals surface area contributed by atoms with Crippen molar-refractivity contribution in [3.8, 4) is 0 Å². The number of hydrogen-bond acceptors (Lipinski definition) is 2. The minimum Gasteiger partial charge on any atom is -0.387 e. The van der Waals surface area contributed by atoms with Crippen LogP contribution < -0.4 is 4.90 Å². The van der Waals surface area contributed by atoms with Crippen molar-refractivity contribution in [3.05, 3.63) is 66.0 Å². The van der Waals surface area contributed by atoms with Crippen LogP contribution in [0.25, 0.3) is 0 Å². The van der Waals surface area contributed by atoms with E-state index in [4.69, 9.17) is 0 Å². The lowest BCUT2D eigenvalue weighted by Crippen LogP contribution is -2.28. The molecule has 2 aromatic carbocycles. The molecule has 1 N–H and O–H groups in total. The molecule has 0 bridgehead atoms. The number of anilines is 1. The number of likely N-dealkylation sites (N-methyl/N-ethyl adjacent to an activating group) is 1. The van der Waals surface area contributed by atoms with Gasteiger partial charge in [0.2, 0.25) is 0 Å². The molecule has 2 nitrogen and oxygen atoms in total. The molecule has 2 rings (SSSR count). The van der Waals surface area contributed by atoms with E-state index < -0.39 is 6.10 Å². The van der Waals surface area contributed by atoms with Crippen molar-refractivity contribution in [1.82, 2.24) is 0 Å². The molecule has 0 aliphatic heterocycles. The van der Waals surface area contributed by atoms with Gasteiger partial charge < -0.3 is 10.0 Å². The fraction of sp³-hybridized carbons (Fsp3) is 0.250. The Kier molecular flexibility index (Phi) is 4.53. The molecule has 0 aromatic heterocycles. The van der Waals surface area contributed by atoms with Gasteiger partial charge in [-0.05, 0) is 30.7 Å². The summed E-state index contributed by atoms with van der Waals surface area (Å²) in [5, 5.41) is 10.2. The maximum atomic E-state index is 13.2. The van der Waals surface area contributed by atoms with E-state index in [2.05, 4.69) is 0 Å². The van der Waals surface area contributed by atoms with Crippen LogP contribution in [0.2, 0.25) is 0 Å². The number of aliphatic hydroxyl groups is 1. The van der Waals surface area contributed by atoms with E-state index in [1.54, 1.807) is 6.07 Å². The highest BCUT2D eigenvalue weighted by molar-refractivity contribution is 5.46. The molecule has 19 heavy (non-hydrogen) atoms. The third-order valence-electron chi connectivity index (χ3n) is 3.13. The Bertz CT molecular complexity index is 515. The van der Waals surface area contributed by atoms with Gasteiger partial charge in [0.05, 0.1) is 6.10 Å². The Morgan fingerprint density at radius 2 is 1.84 bits per heavy atom. The molecule has 0 heterocycles. The Morgan fingerprint density at radius 1 is 1.11 bits per heavy atom. The number of halogens is 1. The first-order valence-corrected chi connectivity index (χ1v) is 6.44.